The van der Waals surface area contributed by atoms with Crippen LogP contribution in [-0.2, 0) is 17.4 Å². The Morgan fingerprint density at radius 3 is 2.51 bits per heavy atom. The van der Waals surface area contributed by atoms with Gasteiger partial charge in [0.15, 0.2) is 0 Å². The summed E-state index contributed by atoms with van der Waals surface area (Å²) in [5, 5.41) is 6.05. The van der Waals surface area contributed by atoms with Crippen molar-refractivity contribution in [3.05, 3.63) is 70.8 Å². The number of aromatic nitrogens is 1. The lowest BCUT2D eigenvalue weighted by Gasteiger charge is -2.29. The van der Waals surface area contributed by atoms with Crippen LogP contribution in [0.3, 0.4) is 0 Å². The van der Waals surface area contributed by atoms with Crippen LogP contribution in [-0.4, -0.2) is 55.0 Å². The van der Waals surface area contributed by atoms with Crippen molar-refractivity contribution in [3.8, 4) is 17.4 Å². The molecule has 0 unspecified atom stereocenters. The molecule has 4 rings (SSSR count). The molecule has 1 aliphatic rings. The van der Waals surface area contributed by atoms with Gasteiger partial charge < -0.3 is 30.7 Å². The van der Waals surface area contributed by atoms with Crippen LogP contribution >= 0.6 is 0 Å². The maximum Gasteiger partial charge on any atom is 0.421 e. The number of nitrogens with two attached hydrogens (primary N) is 1. The predicted octanol–water partition coefficient (Wildman–Crippen LogP) is 4.81. The van der Waals surface area contributed by atoms with Crippen LogP contribution in [0.25, 0.3) is 0 Å². The molecule has 2 amide bonds. The molecule has 0 saturated carbocycles. The third kappa shape index (κ3) is 7.66. The van der Waals surface area contributed by atoms with E-state index in [0.29, 0.717) is 22.6 Å². The molecule has 12 heteroatoms. The highest BCUT2D eigenvalue weighted by Crippen LogP contribution is 2.40. The smallest absolute Gasteiger partial charge is 0.421 e. The molecule has 1 saturated heterocycles. The number of nitrogens with one attached hydrogen (secondary N) is 2. The minimum atomic E-state index is -4.74. The number of aryl methyl sites for hydroxylation is 1. The molecule has 0 aliphatic carbocycles. The maximum absolute atomic E-state index is 13.9. The number of hydrogen-bond donors (Lipinski definition) is 3. The number of nitrogens with zero attached hydrogens (tertiary/aromatic N) is 2. The van der Waals surface area contributed by atoms with Crippen LogP contribution in [0.2, 0.25) is 0 Å². The van der Waals surface area contributed by atoms with Gasteiger partial charge in [0.05, 0.1) is 19.2 Å². The highest BCUT2D eigenvalue weighted by molar-refractivity contribution is 5.95. The van der Waals surface area contributed by atoms with Crippen LogP contribution in [0.1, 0.15) is 39.9 Å². The number of carbonyl (C=O) groups is 2. The van der Waals surface area contributed by atoms with Crippen molar-refractivity contribution < 1.29 is 32.2 Å². The number of primary amides is 1. The summed E-state index contributed by atoms with van der Waals surface area (Å²) in [6.07, 6.45) is -3.12. The number of piperidine rings is 1. The molecule has 41 heavy (non-hydrogen) atoms. The number of likely N-dealkylation sites (tertiary alicyclic amines) is 1. The van der Waals surface area contributed by atoms with E-state index >= 15 is 0 Å². The van der Waals surface area contributed by atoms with Gasteiger partial charge in [-0.15, -0.1) is 0 Å². The van der Waals surface area contributed by atoms with Crippen molar-refractivity contribution in [2.24, 2.45) is 5.73 Å². The van der Waals surface area contributed by atoms with E-state index in [2.05, 4.69) is 20.5 Å². The highest BCUT2D eigenvalue weighted by atomic mass is 19.4. The first-order valence-corrected chi connectivity index (χ1v) is 13.0. The molecular formula is C29H32F3N5O4. The van der Waals surface area contributed by atoms with Gasteiger partial charge in [-0.25, -0.2) is 0 Å². The fraction of sp³-hybridized carbons (Fsp3) is 0.345. The summed E-state index contributed by atoms with van der Waals surface area (Å²) in [5.41, 5.74) is 5.65. The Hall–Kier alpha value is -4.32. The summed E-state index contributed by atoms with van der Waals surface area (Å²) < 4.78 is 52.8. The lowest BCUT2D eigenvalue weighted by molar-refractivity contribution is -0.138. The molecule has 2 heterocycles. The van der Waals surface area contributed by atoms with Crippen LogP contribution < -0.4 is 25.8 Å². The summed E-state index contributed by atoms with van der Waals surface area (Å²) in [5.74, 6) is -1.02. The summed E-state index contributed by atoms with van der Waals surface area (Å²) in [6.45, 7) is 3.29. The molecule has 0 bridgehead atoms. The van der Waals surface area contributed by atoms with E-state index in [-0.39, 0.29) is 35.5 Å². The number of methoxy groups -OCH3 is 1. The second kappa shape index (κ2) is 12.5. The fourth-order valence-electron chi connectivity index (χ4n) is 4.52. The van der Waals surface area contributed by atoms with Gasteiger partial charge in [-0.3, -0.25) is 9.59 Å². The lowest BCUT2D eigenvalue weighted by Crippen LogP contribution is -2.43. The topological polar surface area (TPSA) is 119 Å². The standard InChI is InChI=1S/C29H32F3N5O4/c1-17-13-22(29(30,31)32)28(41-21-6-4-5-18(14-21)15-25(33)38)36-26(17)35-23-8-7-19(16-24(23)40-3)27(39)34-20-9-11-37(2)12-10-20/h4-8,13-14,16,20H,9-12,15H2,1-3H3,(H2,33,38)(H,34,39)(H,35,36). The van der Waals surface area contributed by atoms with Gasteiger partial charge in [0.2, 0.25) is 11.8 Å². The SMILES string of the molecule is COc1cc(C(=O)NC2CCN(C)CC2)ccc1Nc1nc(Oc2cccc(CC(N)=O)c2)c(C(F)(F)F)cc1C. The van der Waals surface area contributed by atoms with Gasteiger partial charge in [-0.2, -0.15) is 18.2 Å². The van der Waals surface area contributed by atoms with Crippen molar-refractivity contribution >= 4 is 23.3 Å². The zero-order valence-electron chi connectivity index (χ0n) is 23.0. The number of rotatable bonds is 9. The summed E-state index contributed by atoms with van der Waals surface area (Å²) in [4.78, 5) is 30.5. The van der Waals surface area contributed by atoms with Crippen molar-refractivity contribution in [1.29, 1.82) is 0 Å². The number of alkyl halides is 3. The normalized spacial score (nSPS) is 14.4. The van der Waals surface area contributed by atoms with Crippen molar-refractivity contribution in [2.75, 3.05) is 32.6 Å². The fourth-order valence-corrected chi connectivity index (χ4v) is 4.52. The van der Waals surface area contributed by atoms with E-state index in [9.17, 15) is 22.8 Å². The molecule has 1 aliphatic heterocycles. The van der Waals surface area contributed by atoms with E-state index in [0.717, 1.165) is 32.0 Å². The molecule has 0 atom stereocenters. The third-order valence-electron chi connectivity index (χ3n) is 6.75. The van der Waals surface area contributed by atoms with Gasteiger partial charge in [-0.1, -0.05) is 12.1 Å². The van der Waals surface area contributed by atoms with Gasteiger partial charge in [0.25, 0.3) is 5.91 Å². The lowest BCUT2D eigenvalue weighted by atomic mass is 10.0. The number of benzene rings is 2. The Morgan fingerprint density at radius 2 is 1.85 bits per heavy atom. The van der Waals surface area contributed by atoms with Crippen LogP contribution in [0.15, 0.2) is 48.5 Å². The zero-order valence-corrected chi connectivity index (χ0v) is 23.0. The molecule has 0 radical (unpaired) electrons. The average Bonchev–Trinajstić information content (AvgIpc) is 2.91. The average molecular weight is 572 g/mol. The minimum absolute atomic E-state index is 0.0640. The molecular weight excluding hydrogens is 539 g/mol. The van der Waals surface area contributed by atoms with E-state index in [1.807, 2.05) is 7.05 Å². The molecule has 2 aromatic carbocycles. The molecule has 218 valence electrons. The van der Waals surface area contributed by atoms with E-state index in [1.165, 1.54) is 26.2 Å². The predicted molar refractivity (Wildman–Crippen MR) is 148 cm³/mol. The first kappa shape index (κ1) is 29.7. The Bertz CT molecular complexity index is 1420. The summed E-state index contributed by atoms with van der Waals surface area (Å²) in [7, 11) is 3.47. The van der Waals surface area contributed by atoms with Crippen LogP contribution in [0.4, 0.5) is 24.7 Å². The van der Waals surface area contributed by atoms with Gasteiger partial charge in [0, 0.05) is 11.6 Å². The summed E-state index contributed by atoms with van der Waals surface area (Å²) >= 11 is 0. The van der Waals surface area contributed by atoms with Crippen molar-refractivity contribution in [3.63, 3.8) is 0 Å². The number of ether oxygens (including phenoxy) is 2. The number of pyridine rings is 1. The summed E-state index contributed by atoms with van der Waals surface area (Å²) in [6, 6.07) is 11.8. The zero-order chi connectivity index (χ0) is 29.7. The number of hydrogen-bond acceptors (Lipinski definition) is 7. The number of anilines is 2. The third-order valence-corrected chi connectivity index (χ3v) is 6.75. The molecule has 9 nitrogen and oxygen atoms in total. The van der Waals surface area contributed by atoms with Crippen molar-refractivity contribution in [1.82, 2.24) is 15.2 Å². The Balaban J connectivity index is 1.59. The highest BCUT2D eigenvalue weighted by Gasteiger charge is 2.36. The Morgan fingerprint density at radius 1 is 1.12 bits per heavy atom. The van der Waals surface area contributed by atoms with Crippen LogP contribution in [0.5, 0.6) is 17.4 Å². The van der Waals surface area contributed by atoms with Gasteiger partial charge >= 0.3 is 6.18 Å². The Kier molecular flexibility index (Phi) is 9.01. The number of amides is 2. The van der Waals surface area contributed by atoms with Gasteiger partial charge in [0.1, 0.15) is 22.9 Å². The quantitative estimate of drug-likeness (QED) is 0.338. The second-order valence-corrected chi connectivity index (χ2v) is 9.99. The van der Waals surface area contributed by atoms with E-state index in [1.54, 1.807) is 30.3 Å². The number of halogens is 3. The monoisotopic (exact) mass is 571 g/mol. The molecule has 1 aromatic heterocycles. The maximum atomic E-state index is 13.9. The minimum Gasteiger partial charge on any atom is -0.495 e. The van der Waals surface area contributed by atoms with E-state index in [4.69, 9.17) is 15.2 Å². The molecule has 0 spiro atoms. The van der Waals surface area contributed by atoms with Gasteiger partial charge in [-0.05, 0) is 87.4 Å². The molecule has 3 aromatic rings. The van der Waals surface area contributed by atoms with E-state index < -0.39 is 23.5 Å². The molecule has 1 fully saturated rings. The number of carbonyl (C=O) groups excluding carboxylic acids is 2. The first-order chi connectivity index (χ1) is 19.4. The second-order valence-electron chi connectivity index (χ2n) is 9.99. The Labute approximate surface area is 235 Å². The van der Waals surface area contributed by atoms with Crippen LogP contribution in [0, 0.1) is 6.92 Å². The molecule has 4 N–H and O–H groups in total. The first-order valence-electron chi connectivity index (χ1n) is 13.0. The van der Waals surface area contributed by atoms with Crippen molar-refractivity contribution in [2.45, 2.75) is 38.4 Å². The largest absolute Gasteiger partial charge is 0.495 e.